The molecule has 0 nitrogen and oxygen atoms in total. The first-order valence-electron chi connectivity index (χ1n) is 1.39. The fourth-order valence-corrected chi connectivity index (χ4v) is 0.283. The lowest BCUT2D eigenvalue weighted by molar-refractivity contribution is 1.41. The topological polar surface area (TPSA) is 0 Å². The molecule has 0 aliphatic rings. The molecular weight excluding hydrogens is 128 g/mol. The van der Waals surface area contributed by atoms with E-state index >= 15 is 0 Å². The number of rotatable bonds is 1. The molecule has 0 heterocycles. The van der Waals surface area contributed by atoms with E-state index in [4.69, 9.17) is 0 Å². The van der Waals surface area contributed by atoms with Gasteiger partial charge in [0.15, 0.2) is 0 Å². The monoisotopic (exact) mass is 132 g/mol. The minimum Gasteiger partial charge on any atom is -0.0691 e. The normalized spacial score (nSPS) is 10.0. The Bertz CT molecular complexity index is 30.6. The van der Waals surface area contributed by atoms with Crippen molar-refractivity contribution in [3.05, 3.63) is 18.0 Å². The van der Waals surface area contributed by atoms with E-state index in [1.54, 1.807) is 6.08 Å². The summed E-state index contributed by atoms with van der Waals surface area (Å²) in [5.74, 6) is 0. The third kappa shape index (κ3) is 4.22. The Balaban J connectivity index is 2.62. The maximum atomic E-state index is 3.53. The summed E-state index contributed by atoms with van der Waals surface area (Å²) < 4.78 is 0. The molecule has 0 fully saturated rings. The van der Waals surface area contributed by atoms with Crippen molar-refractivity contribution < 1.29 is 0 Å². The highest BCUT2D eigenvalue weighted by Gasteiger charge is 1.55. The van der Waals surface area contributed by atoms with Gasteiger partial charge in [0.1, 0.15) is 0 Å². The van der Waals surface area contributed by atoms with Gasteiger partial charge in [-0.25, -0.2) is 0 Å². The standard InChI is InChI=1S/C4H5Br/c1-2-3-4-5/h3H,1-2H2. The molecule has 0 amide bonds. The van der Waals surface area contributed by atoms with Gasteiger partial charge in [-0.15, -0.1) is 0 Å². The summed E-state index contributed by atoms with van der Waals surface area (Å²) >= 11 is 2.96. The molecule has 28 valence electrons. The van der Waals surface area contributed by atoms with E-state index in [9.17, 15) is 0 Å². The molecule has 0 aromatic rings. The molecule has 5 heavy (non-hydrogen) atoms. The van der Waals surface area contributed by atoms with Crippen LogP contribution in [0.4, 0.5) is 0 Å². The van der Waals surface area contributed by atoms with E-state index in [1.807, 2.05) is 0 Å². The average Bonchev–Trinajstić information content (AvgIpc) is 1.41. The van der Waals surface area contributed by atoms with Gasteiger partial charge in [-0.05, 0) is 29.3 Å². The van der Waals surface area contributed by atoms with Crippen LogP contribution in [0.15, 0.2) is 6.08 Å². The maximum absolute atomic E-state index is 3.53. The lowest BCUT2D eigenvalue weighted by Crippen LogP contribution is -1.42. The molecule has 1 heteroatoms. The van der Waals surface area contributed by atoms with Crippen LogP contribution in [0, 0.1) is 11.9 Å². The van der Waals surface area contributed by atoms with Crippen LogP contribution < -0.4 is 0 Å². The second-order valence-electron chi connectivity index (χ2n) is 0.602. The SMILES string of the molecule is [CH2]C/C=[C]/Br. The van der Waals surface area contributed by atoms with Gasteiger partial charge in [0.25, 0.3) is 0 Å². The molecule has 0 unspecified atom stereocenters. The van der Waals surface area contributed by atoms with Gasteiger partial charge in [0.05, 0.1) is 0 Å². The van der Waals surface area contributed by atoms with Crippen molar-refractivity contribution in [3.63, 3.8) is 0 Å². The predicted molar refractivity (Wildman–Crippen MR) is 26.7 cm³/mol. The minimum absolute atomic E-state index is 0.811. The highest BCUT2D eigenvalue weighted by Crippen LogP contribution is 1.81. The second kappa shape index (κ2) is 4.22. The number of hydrogen-bond donors (Lipinski definition) is 0. The van der Waals surface area contributed by atoms with E-state index in [1.165, 1.54) is 0 Å². The van der Waals surface area contributed by atoms with E-state index in [2.05, 4.69) is 27.8 Å². The Morgan fingerprint density at radius 1 is 2.00 bits per heavy atom. The third-order valence-electron chi connectivity index (χ3n) is 0.221. The van der Waals surface area contributed by atoms with E-state index in [0.717, 1.165) is 6.42 Å². The molecule has 0 N–H and O–H groups in total. The summed E-state index contributed by atoms with van der Waals surface area (Å²) in [6, 6.07) is 0. The predicted octanol–water partition coefficient (Wildman–Crippen LogP) is 1.92. The van der Waals surface area contributed by atoms with Gasteiger partial charge < -0.3 is 0 Å². The Morgan fingerprint density at radius 3 is 2.60 bits per heavy atom. The van der Waals surface area contributed by atoms with Gasteiger partial charge in [-0.1, -0.05) is 6.08 Å². The minimum atomic E-state index is 0.811. The number of halogens is 1. The Hall–Kier alpha value is 0.220. The molecule has 0 aliphatic heterocycles. The summed E-state index contributed by atoms with van der Waals surface area (Å²) in [5.41, 5.74) is 0. The van der Waals surface area contributed by atoms with E-state index in [-0.39, 0.29) is 0 Å². The van der Waals surface area contributed by atoms with E-state index in [0.29, 0.717) is 0 Å². The number of allylic oxidation sites excluding steroid dienone is 1. The average molecular weight is 133 g/mol. The Labute approximate surface area is 41.0 Å². The summed E-state index contributed by atoms with van der Waals surface area (Å²) in [5, 5.41) is 0. The van der Waals surface area contributed by atoms with Crippen molar-refractivity contribution in [3.8, 4) is 0 Å². The van der Waals surface area contributed by atoms with Crippen LogP contribution in [-0.4, -0.2) is 0 Å². The molecule has 0 spiro atoms. The summed E-state index contributed by atoms with van der Waals surface area (Å²) in [6.45, 7) is 3.53. The van der Waals surface area contributed by atoms with Crippen LogP contribution in [0.3, 0.4) is 0 Å². The first kappa shape index (κ1) is 5.22. The molecule has 0 aromatic carbocycles. The van der Waals surface area contributed by atoms with Crippen molar-refractivity contribution in [2.45, 2.75) is 6.42 Å². The van der Waals surface area contributed by atoms with Gasteiger partial charge in [-0.3, -0.25) is 0 Å². The molecule has 0 aromatic heterocycles. The summed E-state index contributed by atoms with van der Waals surface area (Å²) in [7, 11) is 0. The van der Waals surface area contributed by atoms with Crippen molar-refractivity contribution >= 4 is 15.9 Å². The van der Waals surface area contributed by atoms with Crippen LogP contribution in [-0.2, 0) is 0 Å². The van der Waals surface area contributed by atoms with E-state index < -0.39 is 0 Å². The lowest BCUT2D eigenvalue weighted by atomic mass is 10.5. The molecule has 0 rings (SSSR count). The Morgan fingerprint density at radius 2 is 2.60 bits per heavy atom. The lowest BCUT2D eigenvalue weighted by Gasteiger charge is -1.62. The van der Waals surface area contributed by atoms with Crippen molar-refractivity contribution in [2.24, 2.45) is 0 Å². The Kier molecular flexibility index (Phi) is 4.41. The van der Waals surface area contributed by atoms with Gasteiger partial charge in [-0.2, -0.15) is 0 Å². The zero-order valence-electron chi connectivity index (χ0n) is 2.87. The molecule has 0 bridgehead atoms. The fourth-order valence-electron chi connectivity index (χ4n) is 0.0546. The first-order chi connectivity index (χ1) is 2.41. The molecule has 0 atom stereocenters. The van der Waals surface area contributed by atoms with Gasteiger partial charge >= 0.3 is 0 Å². The molecule has 0 aliphatic carbocycles. The van der Waals surface area contributed by atoms with Crippen molar-refractivity contribution in [2.75, 3.05) is 0 Å². The van der Waals surface area contributed by atoms with Crippen LogP contribution in [0.25, 0.3) is 0 Å². The highest BCUT2D eigenvalue weighted by atomic mass is 79.9. The quantitative estimate of drug-likeness (QED) is 0.512. The smallest absolute Gasteiger partial charge is 0.0274 e. The van der Waals surface area contributed by atoms with Crippen LogP contribution in [0.1, 0.15) is 6.42 Å². The molecule has 2 radical (unpaired) electrons. The van der Waals surface area contributed by atoms with Crippen LogP contribution >= 0.6 is 15.9 Å². The summed E-state index contributed by atoms with van der Waals surface area (Å²) in [6.07, 6.45) is 2.62. The molecular formula is C4H5Br. The zero-order chi connectivity index (χ0) is 4.12. The highest BCUT2D eigenvalue weighted by molar-refractivity contribution is 9.10. The van der Waals surface area contributed by atoms with Crippen LogP contribution in [0.5, 0.6) is 0 Å². The van der Waals surface area contributed by atoms with Gasteiger partial charge in [0, 0.05) is 4.99 Å². The number of hydrogen-bond acceptors (Lipinski definition) is 0. The fraction of sp³-hybridized carbons (Fsp3) is 0.250. The third-order valence-corrected chi connectivity index (χ3v) is 0.545. The maximum Gasteiger partial charge on any atom is 0.0274 e. The molecule has 0 saturated heterocycles. The van der Waals surface area contributed by atoms with Crippen molar-refractivity contribution in [1.29, 1.82) is 0 Å². The molecule has 0 saturated carbocycles. The second-order valence-corrected chi connectivity index (χ2v) is 1.06. The van der Waals surface area contributed by atoms with Gasteiger partial charge in [0.2, 0.25) is 0 Å². The van der Waals surface area contributed by atoms with Crippen LogP contribution in [0.2, 0.25) is 0 Å². The largest absolute Gasteiger partial charge is 0.0691 e. The first-order valence-corrected chi connectivity index (χ1v) is 2.18. The van der Waals surface area contributed by atoms with Crippen molar-refractivity contribution in [1.82, 2.24) is 0 Å². The zero-order valence-corrected chi connectivity index (χ0v) is 4.46. The summed E-state index contributed by atoms with van der Waals surface area (Å²) in [4.78, 5) is 2.64.